The molecule has 146 valence electrons. The molecule has 2 aromatic rings. The molecule has 0 amide bonds. The summed E-state index contributed by atoms with van der Waals surface area (Å²) in [6.07, 6.45) is 0. The van der Waals surface area contributed by atoms with Gasteiger partial charge in [0, 0.05) is 5.56 Å². The second-order valence-electron chi connectivity index (χ2n) is 7.39. The fourth-order valence-corrected chi connectivity index (χ4v) is 3.82. The summed E-state index contributed by atoms with van der Waals surface area (Å²) in [5.41, 5.74) is 1.80. The SMILES string of the molecule is CCOC(=O)C1=Nc2ccccc2/C1=N\S(=O)(=O)c1ccc(C(C)(C)C)cc1. The van der Waals surface area contributed by atoms with Gasteiger partial charge < -0.3 is 4.74 Å². The Morgan fingerprint density at radius 2 is 1.71 bits per heavy atom. The molecule has 3 rings (SSSR count). The first-order valence-corrected chi connectivity index (χ1v) is 10.4. The highest BCUT2D eigenvalue weighted by molar-refractivity contribution is 7.90. The zero-order valence-electron chi connectivity index (χ0n) is 16.3. The molecule has 1 heterocycles. The topological polar surface area (TPSA) is 85.2 Å². The highest BCUT2D eigenvalue weighted by Gasteiger charge is 2.31. The fourth-order valence-electron chi connectivity index (χ4n) is 2.81. The molecule has 1 aliphatic heterocycles. The molecule has 2 aromatic carbocycles. The predicted molar refractivity (Wildman–Crippen MR) is 109 cm³/mol. The zero-order valence-corrected chi connectivity index (χ0v) is 17.1. The van der Waals surface area contributed by atoms with Gasteiger partial charge in [-0.05, 0) is 36.1 Å². The lowest BCUT2D eigenvalue weighted by Gasteiger charge is -2.18. The Hall–Kier alpha value is -2.80. The number of sulfonamides is 1. The molecule has 0 fully saturated rings. The molecular weight excluding hydrogens is 376 g/mol. The van der Waals surface area contributed by atoms with Gasteiger partial charge in [0.2, 0.25) is 0 Å². The Morgan fingerprint density at radius 3 is 2.32 bits per heavy atom. The molecule has 6 nitrogen and oxygen atoms in total. The minimum absolute atomic E-state index is 0.00829. The monoisotopic (exact) mass is 398 g/mol. The molecule has 1 aliphatic rings. The quantitative estimate of drug-likeness (QED) is 0.733. The van der Waals surface area contributed by atoms with Gasteiger partial charge in [-0.15, -0.1) is 0 Å². The summed E-state index contributed by atoms with van der Waals surface area (Å²) >= 11 is 0. The van der Waals surface area contributed by atoms with Crippen molar-refractivity contribution in [3.05, 3.63) is 59.7 Å². The van der Waals surface area contributed by atoms with Gasteiger partial charge in [0.05, 0.1) is 17.2 Å². The number of benzene rings is 2. The lowest BCUT2D eigenvalue weighted by molar-refractivity contribution is -0.134. The van der Waals surface area contributed by atoms with Crippen LogP contribution in [0.5, 0.6) is 0 Å². The van der Waals surface area contributed by atoms with Crippen molar-refractivity contribution < 1.29 is 17.9 Å². The lowest BCUT2D eigenvalue weighted by Crippen LogP contribution is -2.25. The Kier molecular flexibility index (Phi) is 5.21. The van der Waals surface area contributed by atoms with Gasteiger partial charge in [-0.2, -0.15) is 12.8 Å². The molecule has 0 unspecified atom stereocenters. The molecule has 0 N–H and O–H groups in total. The van der Waals surface area contributed by atoms with Gasteiger partial charge >= 0.3 is 5.97 Å². The number of aliphatic imine (C=N–C) groups is 1. The van der Waals surface area contributed by atoms with E-state index in [9.17, 15) is 13.2 Å². The van der Waals surface area contributed by atoms with E-state index in [1.165, 1.54) is 12.1 Å². The summed E-state index contributed by atoms with van der Waals surface area (Å²) in [4.78, 5) is 16.6. The first-order chi connectivity index (χ1) is 13.1. The first-order valence-electron chi connectivity index (χ1n) is 8.94. The second-order valence-corrected chi connectivity index (χ2v) is 8.99. The van der Waals surface area contributed by atoms with Gasteiger partial charge in [0.15, 0.2) is 5.71 Å². The number of carbonyl (C=O) groups excluding carboxylic acids is 1. The van der Waals surface area contributed by atoms with Gasteiger partial charge in [-0.1, -0.05) is 51.1 Å². The maximum Gasteiger partial charge on any atom is 0.359 e. The van der Waals surface area contributed by atoms with Crippen molar-refractivity contribution in [2.75, 3.05) is 6.61 Å². The van der Waals surface area contributed by atoms with E-state index in [2.05, 4.69) is 9.39 Å². The molecule has 0 aromatic heterocycles. The average Bonchev–Trinajstić information content (AvgIpc) is 2.99. The third-order valence-corrected chi connectivity index (χ3v) is 5.60. The molecule has 0 atom stereocenters. The van der Waals surface area contributed by atoms with Crippen LogP contribution in [0, 0.1) is 0 Å². The van der Waals surface area contributed by atoms with Gasteiger partial charge in [-0.25, -0.2) is 9.79 Å². The molecule has 0 saturated heterocycles. The summed E-state index contributed by atoms with van der Waals surface area (Å²) in [7, 11) is -4.03. The van der Waals surface area contributed by atoms with Crippen molar-refractivity contribution in [3.63, 3.8) is 0 Å². The number of carbonyl (C=O) groups is 1. The Balaban J connectivity index is 2.06. The van der Waals surface area contributed by atoms with Crippen LogP contribution in [0.25, 0.3) is 0 Å². The number of rotatable bonds is 4. The summed E-state index contributed by atoms with van der Waals surface area (Å²) in [5, 5.41) is 0. The molecule has 0 saturated carbocycles. The van der Waals surface area contributed by atoms with E-state index in [1.807, 2.05) is 20.8 Å². The van der Waals surface area contributed by atoms with Crippen LogP contribution in [0.15, 0.2) is 62.8 Å². The van der Waals surface area contributed by atoms with E-state index >= 15 is 0 Å². The Labute approximate surface area is 165 Å². The molecular formula is C21H22N2O4S. The fraction of sp³-hybridized carbons (Fsp3) is 0.286. The number of esters is 1. The number of ether oxygens (including phenoxy) is 1. The lowest BCUT2D eigenvalue weighted by atomic mass is 9.87. The van der Waals surface area contributed by atoms with Crippen LogP contribution in [0.2, 0.25) is 0 Å². The van der Waals surface area contributed by atoms with Crippen molar-refractivity contribution in [2.45, 2.75) is 38.0 Å². The maximum absolute atomic E-state index is 12.9. The highest BCUT2D eigenvalue weighted by Crippen LogP contribution is 2.29. The minimum atomic E-state index is -4.03. The van der Waals surface area contributed by atoms with Gasteiger partial charge in [-0.3, -0.25) is 0 Å². The number of para-hydroxylation sites is 1. The van der Waals surface area contributed by atoms with E-state index in [0.717, 1.165) is 5.56 Å². The summed E-state index contributed by atoms with van der Waals surface area (Å²) in [6, 6.07) is 13.5. The average molecular weight is 398 g/mol. The van der Waals surface area contributed by atoms with Crippen molar-refractivity contribution in [1.29, 1.82) is 0 Å². The van der Waals surface area contributed by atoms with E-state index in [-0.39, 0.29) is 28.3 Å². The first kappa shape index (κ1) is 19.9. The van der Waals surface area contributed by atoms with Crippen LogP contribution >= 0.6 is 0 Å². The van der Waals surface area contributed by atoms with Gasteiger partial charge in [0.1, 0.15) is 5.71 Å². The molecule has 0 aliphatic carbocycles. The summed E-state index contributed by atoms with van der Waals surface area (Å²) in [5.74, 6) is -0.698. The van der Waals surface area contributed by atoms with E-state index in [1.54, 1.807) is 43.3 Å². The second kappa shape index (κ2) is 7.31. The molecule has 0 radical (unpaired) electrons. The Morgan fingerprint density at radius 1 is 1.07 bits per heavy atom. The van der Waals surface area contributed by atoms with Gasteiger partial charge in [0.25, 0.3) is 10.0 Å². The number of nitrogens with zero attached hydrogens (tertiary/aromatic N) is 2. The largest absolute Gasteiger partial charge is 0.461 e. The molecule has 0 spiro atoms. The zero-order chi connectivity index (χ0) is 20.5. The molecule has 0 bridgehead atoms. The standard InChI is InChI=1S/C21H22N2O4S/c1-5-27-20(24)19-18(16-8-6-7-9-17(16)22-19)23-28(25,26)15-12-10-14(11-13-15)21(2,3)4/h6-13H,5H2,1-4H3/b23-18+. The number of hydrogen-bond donors (Lipinski definition) is 0. The predicted octanol–water partition coefficient (Wildman–Crippen LogP) is 3.81. The number of hydrogen-bond acceptors (Lipinski definition) is 5. The van der Waals surface area contributed by atoms with Crippen LogP contribution in [0.4, 0.5) is 5.69 Å². The van der Waals surface area contributed by atoms with Crippen LogP contribution in [0.1, 0.15) is 38.8 Å². The number of fused-ring (bicyclic) bond motifs is 1. The van der Waals surface area contributed by atoms with E-state index < -0.39 is 16.0 Å². The van der Waals surface area contributed by atoms with Crippen LogP contribution in [0.3, 0.4) is 0 Å². The van der Waals surface area contributed by atoms with E-state index in [4.69, 9.17) is 4.74 Å². The third-order valence-electron chi connectivity index (χ3n) is 4.31. The van der Waals surface area contributed by atoms with Crippen LogP contribution < -0.4 is 0 Å². The van der Waals surface area contributed by atoms with Crippen LogP contribution in [-0.2, 0) is 25.0 Å². The molecule has 28 heavy (non-hydrogen) atoms. The summed E-state index contributed by atoms with van der Waals surface area (Å²) in [6.45, 7) is 7.98. The van der Waals surface area contributed by atoms with Crippen molar-refractivity contribution in [3.8, 4) is 0 Å². The normalized spacial score (nSPS) is 15.3. The smallest absolute Gasteiger partial charge is 0.359 e. The third kappa shape index (κ3) is 3.89. The van der Waals surface area contributed by atoms with Crippen molar-refractivity contribution >= 4 is 33.1 Å². The minimum Gasteiger partial charge on any atom is -0.461 e. The Bertz CT molecular complexity index is 1080. The van der Waals surface area contributed by atoms with Crippen molar-refractivity contribution in [1.82, 2.24) is 0 Å². The van der Waals surface area contributed by atoms with E-state index in [0.29, 0.717) is 11.3 Å². The van der Waals surface area contributed by atoms with Crippen LogP contribution in [-0.4, -0.2) is 32.4 Å². The maximum atomic E-state index is 12.9. The molecule has 7 heteroatoms. The van der Waals surface area contributed by atoms with Crippen molar-refractivity contribution in [2.24, 2.45) is 9.39 Å². The summed E-state index contributed by atoms with van der Waals surface area (Å²) < 4.78 is 34.7. The highest BCUT2D eigenvalue weighted by atomic mass is 32.2.